The largest absolute Gasteiger partial charge is 0.383 e. The second-order valence-corrected chi connectivity index (χ2v) is 3.73. The molecule has 15 heavy (non-hydrogen) atoms. The van der Waals surface area contributed by atoms with E-state index in [-0.39, 0.29) is 11.7 Å². The first kappa shape index (κ1) is 11.7. The number of nitrogens with one attached hydrogen (secondary N) is 2. The average molecular weight is 230 g/mol. The fourth-order valence-corrected chi connectivity index (χ4v) is 1.80. The summed E-state index contributed by atoms with van der Waals surface area (Å²) in [4.78, 5) is 15.8. The van der Waals surface area contributed by atoms with Gasteiger partial charge in [-0.05, 0) is 0 Å². The van der Waals surface area contributed by atoms with E-state index < -0.39 is 0 Å². The van der Waals surface area contributed by atoms with E-state index in [0.29, 0.717) is 23.2 Å². The Morgan fingerprint density at radius 3 is 3.00 bits per heavy atom. The number of nitrogens with zero attached hydrogens (tertiary/aromatic N) is 1. The molecule has 0 aliphatic carbocycles. The molecule has 1 rings (SSSR count). The van der Waals surface area contributed by atoms with Gasteiger partial charge in [0, 0.05) is 20.7 Å². The van der Waals surface area contributed by atoms with E-state index in [1.807, 2.05) is 0 Å². The molecule has 0 saturated heterocycles. The van der Waals surface area contributed by atoms with E-state index in [4.69, 9.17) is 10.5 Å². The van der Waals surface area contributed by atoms with Crippen molar-refractivity contribution in [3.8, 4) is 0 Å². The van der Waals surface area contributed by atoms with Gasteiger partial charge in [-0.25, -0.2) is 4.98 Å². The first-order valence-corrected chi connectivity index (χ1v) is 5.22. The number of thiazole rings is 1. The highest BCUT2D eigenvalue weighted by Crippen LogP contribution is 2.24. The maximum Gasteiger partial charge on any atom is 0.265 e. The maximum atomic E-state index is 11.3. The Bertz CT molecular complexity index is 339. The number of nitrogen functional groups attached to an aromatic ring is 1. The zero-order valence-electron chi connectivity index (χ0n) is 8.66. The number of hydrogen-bond donors (Lipinski definition) is 3. The summed E-state index contributed by atoms with van der Waals surface area (Å²) in [7, 11) is 3.17. The minimum Gasteiger partial charge on any atom is -0.383 e. The number of aromatic nitrogens is 1. The van der Waals surface area contributed by atoms with Crippen LogP contribution in [0.2, 0.25) is 0 Å². The van der Waals surface area contributed by atoms with E-state index in [9.17, 15) is 4.79 Å². The lowest BCUT2D eigenvalue weighted by Gasteiger charge is -1.99. The van der Waals surface area contributed by atoms with Crippen molar-refractivity contribution in [3.05, 3.63) is 4.88 Å². The minimum atomic E-state index is -0.218. The molecule has 0 aliphatic rings. The number of amides is 1. The molecule has 1 aromatic rings. The number of anilines is 2. The molecule has 0 saturated carbocycles. The number of hydrogen-bond acceptors (Lipinski definition) is 6. The molecule has 0 fully saturated rings. The number of ether oxygens (including phenoxy) is 1. The minimum absolute atomic E-state index is 0.218. The fourth-order valence-electron chi connectivity index (χ4n) is 0.944. The molecule has 1 amide bonds. The van der Waals surface area contributed by atoms with Gasteiger partial charge in [0.05, 0.1) is 6.61 Å². The van der Waals surface area contributed by atoms with Crippen LogP contribution in [0.5, 0.6) is 0 Å². The van der Waals surface area contributed by atoms with Crippen LogP contribution in [0.4, 0.5) is 10.9 Å². The molecule has 0 aliphatic heterocycles. The number of carbonyl (C=O) groups is 1. The van der Waals surface area contributed by atoms with Gasteiger partial charge >= 0.3 is 0 Å². The highest BCUT2D eigenvalue weighted by atomic mass is 32.1. The van der Waals surface area contributed by atoms with Crippen molar-refractivity contribution >= 4 is 28.2 Å². The van der Waals surface area contributed by atoms with Crippen LogP contribution in [0.25, 0.3) is 0 Å². The molecule has 7 heteroatoms. The van der Waals surface area contributed by atoms with Crippen molar-refractivity contribution in [1.29, 1.82) is 0 Å². The Morgan fingerprint density at radius 2 is 2.40 bits per heavy atom. The van der Waals surface area contributed by atoms with Gasteiger partial charge in [-0.2, -0.15) is 0 Å². The van der Waals surface area contributed by atoms with Crippen molar-refractivity contribution in [2.24, 2.45) is 0 Å². The standard InChI is InChI=1S/C8H14N4O2S/c1-10-7(13)5-6(9)12-8(15-5)11-3-4-14-2/h3-4,9H2,1-2H3,(H,10,13)(H,11,12). The molecule has 0 aromatic carbocycles. The molecule has 1 aromatic heterocycles. The molecule has 1 heterocycles. The predicted molar refractivity (Wildman–Crippen MR) is 60.3 cm³/mol. The molecule has 4 N–H and O–H groups in total. The van der Waals surface area contributed by atoms with Gasteiger partial charge in [-0.15, -0.1) is 0 Å². The van der Waals surface area contributed by atoms with Gasteiger partial charge in [-0.3, -0.25) is 4.79 Å². The zero-order chi connectivity index (χ0) is 11.3. The molecule has 0 unspecified atom stereocenters. The summed E-state index contributed by atoms with van der Waals surface area (Å²) in [5.74, 6) is 0.0315. The summed E-state index contributed by atoms with van der Waals surface area (Å²) in [6.45, 7) is 1.21. The van der Waals surface area contributed by atoms with Crippen LogP contribution < -0.4 is 16.4 Å². The number of carbonyl (C=O) groups excluding carboxylic acids is 1. The summed E-state index contributed by atoms with van der Waals surface area (Å²) in [6, 6.07) is 0. The third kappa shape index (κ3) is 3.07. The van der Waals surface area contributed by atoms with Crippen molar-refractivity contribution in [3.63, 3.8) is 0 Å². The topological polar surface area (TPSA) is 89.3 Å². The van der Waals surface area contributed by atoms with Crippen LogP contribution in [-0.2, 0) is 4.74 Å². The lowest BCUT2D eigenvalue weighted by atomic mass is 10.5. The van der Waals surface area contributed by atoms with Gasteiger partial charge in [0.2, 0.25) is 0 Å². The Kier molecular flexibility index (Phi) is 4.32. The molecular formula is C8H14N4O2S. The molecule has 0 radical (unpaired) electrons. The van der Waals surface area contributed by atoms with Crippen molar-refractivity contribution < 1.29 is 9.53 Å². The van der Waals surface area contributed by atoms with Crippen molar-refractivity contribution in [2.45, 2.75) is 0 Å². The van der Waals surface area contributed by atoms with Crippen molar-refractivity contribution in [1.82, 2.24) is 10.3 Å². The number of methoxy groups -OCH3 is 1. The normalized spacial score (nSPS) is 10.0. The lowest BCUT2D eigenvalue weighted by molar-refractivity contribution is 0.0968. The Labute approximate surface area is 91.8 Å². The quantitative estimate of drug-likeness (QED) is 0.626. The van der Waals surface area contributed by atoms with Gasteiger partial charge in [-0.1, -0.05) is 11.3 Å². The Balaban J connectivity index is 2.64. The van der Waals surface area contributed by atoms with E-state index >= 15 is 0 Å². The summed E-state index contributed by atoms with van der Waals surface area (Å²) in [6.07, 6.45) is 0. The van der Waals surface area contributed by atoms with Gasteiger partial charge in [0.1, 0.15) is 10.7 Å². The first-order chi connectivity index (χ1) is 7.19. The number of rotatable bonds is 5. The highest BCUT2D eigenvalue weighted by Gasteiger charge is 2.14. The van der Waals surface area contributed by atoms with E-state index in [0.717, 1.165) is 0 Å². The van der Waals surface area contributed by atoms with Crippen LogP contribution in [0, 0.1) is 0 Å². The molecule has 84 valence electrons. The maximum absolute atomic E-state index is 11.3. The summed E-state index contributed by atoms with van der Waals surface area (Å²) in [5.41, 5.74) is 5.59. The van der Waals surface area contributed by atoms with Gasteiger partial charge < -0.3 is 21.1 Å². The van der Waals surface area contributed by atoms with Crippen LogP contribution in [0.3, 0.4) is 0 Å². The third-order valence-electron chi connectivity index (χ3n) is 1.67. The third-order valence-corrected chi connectivity index (χ3v) is 2.70. The second kappa shape index (κ2) is 5.52. The molecule has 6 nitrogen and oxygen atoms in total. The highest BCUT2D eigenvalue weighted by molar-refractivity contribution is 7.18. The zero-order valence-corrected chi connectivity index (χ0v) is 9.48. The Morgan fingerprint density at radius 1 is 1.67 bits per heavy atom. The van der Waals surface area contributed by atoms with Crippen LogP contribution >= 0.6 is 11.3 Å². The van der Waals surface area contributed by atoms with Crippen LogP contribution in [0.1, 0.15) is 9.67 Å². The lowest BCUT2D eigenvalue weighted by Crippen LogP contribution is -2.17. The van der Waals surface area contributed by atoms with E-state index in [1.165, 1.54) is 11.3 Å². The van der Waals surface area contributed by atoms with Crippen LogP contribution in [-0.4, -0.2) is 38.2 Å². The molecule has 0 atom stereocenters. The summed E-state index contributed by atoms with van der Waals surface area (Å²) in [5, 5.41) is 6.14. The fraction of sp³-hybridized carbons (Fsp3) is 0.500. The molecule has 0 bridgehead atoms. The SMILES string of the molecule is CNC(=O)c1sc(NCCOC)nc1N. The summed E-state index contributed by atoms with van der Waals surface area (Å²) < 4.78 is 4.87. The summed E-state index contributed by atoms with van der Waals surface area (Å²) >= 11 is 1.23. The van der Waals surface area contributed by atoms with E-state index in [2.05, 4.69) is 15.6 Å². The molecule has 0 spiro atoms. The van der Waals surface area contributed by atoms with Gasteiger partial charge in [0.15, 0.2) is 5.13 Å². The second-order valence-electron chi connectivity index (χ2n) is 2.73. The Hall–Kier alpha value is -1.34. The monoisotopic (exact) mass is 230 g/mol. The first-order valence-electron chi connectivity index (χ1n) is 4.40. The predicted octanol–water partition coefficient (Wildman–Crippen LogP) is 0.143. The smallest absolute Gasteiger partial charge is 0.265 e. The molecular weight excluding hydrogens is 216 g/mol. The van der Waals surface area contributed by atoms with Crippen LogP contribution in [0.15, 0.2) is 0 Å². The average Bonchev–Trinajstić information content (AvgIpc) is 2.59. The van der Waals surface area contributed by atoms with Crippen molar-refractivity contribution in [2.75, 3.05) is 38.4 Å². The van der Waals surface area contributed by atoms with E-state index in [1.54, 1.807) is 14.2 Å². The van der Waals surface area contributed by atoms with Gasteiger partial charge in [0.25, 0.3) is 5.91 Å². The number of nitrogens with two attached hydrogens (primary N) is 1.